The molecule has 1 N–H and O–H groups in total. The summed E-state index contributed by atoms with van der Waals surface area (Å²) in [7, 11) is 0. The van der Waals surface area contributed by atoms with Crippen LogP contribution >= 0.6 is 11.6 Å². The van der Waals surface area contributed by atoms with E-state index in [1.165, 1.54) is 18.7 Å². The van der Waals surface area contributed by atoms with Crippen LogP contribution in [0.5, 0.6) is 0 Å². The molecule has 1 atom stereocenters. The summed E-state index contributed by atoms with van der Waals surface area (Å²) in [6.45, 7) is 1.88. The fourth-order valence-corrected chi connectivity index (χ4v) is 1.88. The van der Waals surface area contributed by atoms with Gasteiger partial charge in [-0.25, -0.2) is 19.9 Å². The van der Waals surface area contributed by atoms with Crippen LogP contribution in [0.3, 0.4) is 0 Å². The maximum absolute atomic E-state index is 12.9. The molecule has 0 spiro atoms. The average Bonchev–Trinajstić information content (AvgIpc) is 3.07. The van der Waals surface area contributed by atoms with Gasteiger partial charge in [-0.2, -0.15) is 13.8 Å². The van der Waals surface area contributed by atoms with E-state index in [1.807, 2.05) is 6.92 Å². The van der Waals surface area contributed by atoms with E-state index < -0.39 is 11.3 Å². The van der Waals surface area contributed by atoms with Gasteiger partial charge in [-0.15, -0.1) is 0 Å². The minimum absolute atomic E-state index is 0.0827. The Morgan fingerprint density at radius 1 is 1.25 bits per heavy atom. The number of halogens is 3. The molecule has 0 aromatic carbocycles. The molecule has 0 bridgehead atoms. The predicted molar refractivity (Wildman–Crippen MR) is 79.1 cm³/mol. The van der Waals surface area contributed by atoms with Crippen LogP contribution in [0.4, 0.5) is 14.7 Å². The normalized spacial score (nSPS) is 12.8. The first-order chi connectivity index (χ1) is 11.4. The SMILES string of the molecule is CC(Nc1ncc(-c2noc(C(F)(F)Cl)n2)cn1)c1ccncn1. The van der Waals surface area contributed by atoms with Gasteiger partial charge in [-0.3, -0.25) is 0 Å². The van der Waals surface area contributed by atoms with Gasteiger partial charge in [0.2, 0.25) is 11.8 Å². The third kappa shape index (κ3) is 3.59. The lowest BCUT2D eigenvalue weighted by Crippen LogP contribution is -2.10. The molecule has 0 amide bonds. The van der Waals surface area contributed by atoms with E-state index in [4.69, 9.17) is 11.6 Å². The second kappa shape index (κ2) is 6.40. The van der Waals surface area contributed by atoms with E-state index in [0.717, 1.165) is 5.69 Å². The Hall–Kier alpha value is -2.75. The van der Waals surface area contributed by atoms with E-state index in [-0.39, 0.29) is 11.9 Å². The molecule has 0 radical (unpaired) electrons. The van der Waals surface area contributed by atoms with Crippen LogP contribution in [-0.2, 0) is 5.38 Å². The van der Waals surface area contributed by atoms with Crippen LogP contribution in [0.15, 0.2) is 35.5 Å². The highest BCUT2D eigenvalue weighted by Crippen LogP contribution is 2.31. The van der Waals surface area contributed by atoms with E-state index in [9.17, 15) is 8.78 Å². The zero-order chi connectivity index (χ0) is 17.2. The van der Waals surface area contributed by atoms with Crippen LogP contribution in [0.25, 0.3) is 11.4 Å². The van der Waals surface area contributed by atoms with Crippen molar-refractivity contribution in [1.29, 1.82) is 0 Å². The second-order valence-electron chi connectivity index (χ2n) is 4.72. The Labute approximate surface area is 139 Å². The van der Waals surface area contributed by atoms with E-state index in [1.54, 1.807) is 12.3 Å². The molecule has 1 unspecified atom stereocenters. The van der Waals surface area contributed by atoms with Gasteiger partial charge in [-0.1, -0.05) is 5.16 Å². The van der Waals surface area contributed by atoms with Crippen molar-refractivity contribution >= 4 is 17.5 Å². The molecule has 0 saturated heterocycles. The Morgan fingerprint density at radius 2 is 2.00 bits per heavy atom. The van der Waals surface area contributed by atoms with Gasteiger partial charge in [-0.05, 0) is 24.6 Å². The smallest absolute Gasteiger partial charge is 0.346 e. The molecule has 0 saturated carbocycles. The summed E-state index contributed by atoms with van der Waals surface area (Å²) in [5, 5.41) is 2.75. The molecule has 0 aliphatic heterocycles. The van der Waals surface area contributed by atoms with Crippen molar-refractivity contribution in [2.24, 2.45) is 0 Å². The average molecular weight is 354 g/mol. The third-order valence-electron chi connectivity index (χ3n) is 2.97. The molecular formula is C13H10ClF2N7O. The minimum atomic E-state index is -3.72. The van der Waals surface area contributed by atoms with Crippen LogP contribution < -0.4 is 5.32 Å². The van der Waals surface area contributed by atoms with Crippen molar-refractivity contribution in [2.75, 3.05) is 5.32 Å². The highest BCUT2D eigenvalue weighted by Gasteiger charge is 2.35. The van der Waals surface area contributed by atoms with Crippen molar-refractivity contribution in [3.63, 3.8) is 0 Å². The van der Waals surface area contributed by atoms with Crippen LogP contribution in [0.1, 0.15) is 24.6 Å². The first-order valence-corrected chi connectivity index (χ1v) is 7.07. The lowest BCUT2D eigenvalue weighted by Gasteiger charge is -2.12. The van der Waals surface area contributed by atoms with E-state index >= 15 is 0 Å². The van der Waals surface area contributed by atoms with Crippen molar-refractivity contribution in [3.05, 3.63) is 42.6 Å². The molecule has 11 heteroatoms. The summed E-state index contributed by atoms with van der Waals surface area (Å²) in [5.74, 6) is -0.740. The lowest BCUT2D eigenvalue weighted by molar-refractivity contribution is 0.0551. The maximum Gasteiger partial charge on any atom is 0.400 e. The van der Waals surface area contributed by atoms with Gasteiger partial charge in [0.15, 0.2) is 0 Å². The first kappa shape index (κ1) is 16.1. The van der Waals surface area contributed by atoms with Crippen molar-refractivity contribution in [3.8, 4) is 11.4 Å². The summed E-state index contributed by atoms with van der Waals surface area (Å²) in [5.41, 5.74) is 1.08. The molecule has 3 aromatic rings. The summed E-state index contributed by atoms with van der Waals surface area (Å²) in [6.07, 6.45) is 5.83. The summed E-state index contributed by atoms with van der Waals surface area (Å²) < 4.78 is 30.1. The largest absolute Gasteiger partial charge is 0.400 e. The number of alkyl halides is 3. The number of rotatable bonds is 5. The monoisotopic (exact) mass is 353 g/mol. The van der Waals surface area contributed by atoms with Gasteiger partial charge in [0.1, 0.15) is 6.33 Å². The molecular weight excluding hydrogens is 344 g/mol. The maximum atomic E-state index is 12.9. The zero-order valence-electron chi connectivity index (χ0n) is 12.2. The molecule has 0 aliphatic carbocycles. The first-order valence-electron chi connectivity index (χ1n) is 6.69. The zero-order valence-corrected chi connectivity index (χ0v) is 12.9. The van der Waals surface area contributed by atoms with Crippen LogP contribution in [-0.4, -0.2) is 30.1 Å². The van der Waals surface area contributed by atoms with Crippen molar-refractivity contribution < 1.29 is 13.3 Å². The quantitative estimate of drug-likeness (QED) is 0.698. The van der Waals surface area contributed by atoms with Crippen molar-refractivity contribution in [2.45, 2.75) is 18.3 Å². The number of anilines is 1. The van der Waals surface area contributed by atoms with E-state index in [2.05, 4.69) is 39.9 Å². The van der Waals surface area contributed by atoms with Crippen LogP contribution in [0.2, 0.25) is 0 Å². The highest BCUT2D eigenvalue weighted by molar-refractivity contribution is 6.21. The molecule has 24 heavy (non-hydrogen) atoms. The number of nitrogens with one attached hydrogen (secondary N) is 1. The summed E-state index contributed by atoms with van der Waals surface area (Å²) >= 11 is 4.82. The fraction of sp³-hybridized carbons (Fsp3) is 0.231. The molecule has 3 rings (SSSR count). The van der Waals surface area contributed by atoms with Gasteiger partial charge in [0, 0.05) is 18.6 Å². The molecule has 0 aliphatic rings. The van der Waals surface area contributed by atoms with Crippen LogP contribution in [0, 0.1) is 0 Å². The van der Waals surface area contributed by atoms with Crippen molar-refractivity contribution in [1.82, 2.24) is 30.1 Å². The lowest BCUT2D eigenvalue weighted by atomic mass is 10.2. The van der Waals surface area contributed by atoms with Gasteiger partial charge in [0.05, 0.1) is 17.3 Å². The second-order valence-corrected chi connectivity index (χ2v) is 5.19. The number of nitrogens with zero attached hydrogens (tertiary/aromatic N) is 6. The Kier molecular flexibility index (Phi) is 4.30. The Bertz CT molecular complexity index is 807. The molecule has 8 nitrogen and oxygen atoms in total. The molecule has 0 fully saturated rings. The van der Waals surface area contributed by atoms with Gasteiger partial charge in [0.25, 0.3) is 0 Å². The topological polar surface area (TPSA) is 103 Å². The summed E-state index contributed by atoms with van der Waals surface area (Å²) in [6, 6.07) is 1.62. The predicted octanol–water partition coefficient (Wildman–Crippen LogP) is 2.78. The fourth-order valence-electron chi connectivity index (χ4n) is 1.80. The minimum Gasteiger partial charge on any atom is -0.346 e. The van der Waals surface area contributed by atoms with Gasteiger partial charge >= 0.3 is 11.3 Å². The number of hydrogen-bond acceptors (Lipinski definition) is 8. The standard InChI is InChI=1S/C13H10ClF2N7O/c1-7(9-2-3-17-6-20-9)21-12-18-4-8(5-19-12)10-22-11(24-23-10)13(14,15)16/h2-7H,1H3,(H,18,19,21). The van der Waals surface area contributed by atoms with E-state index in [0.29, 0.717) is 11.5 Å². The Balaban J connectivity index is 1.73. The Morgan fingerprint density at radius 3 is 2.58 bits per heavy atom. The number of hydrogen-bond donors (Lipinski definition) is 1. The third-order valence-corrected chi connectivity index (χ3v) is 3.13. The number of aromatic nitrogens is 6. The van der Waals surface area contributed by atoms with Gasteiger partial charge < -0.3 is 9.84 Å². The highest BCUT2D eigenvalue weighted by atomic mass is 35.5. The molecule has 3 heterocycles. The summed E-state index contributed by atoms with van der Waals surface area (Å²) in [4.78, 5) is 19.6. The molecule has 124 valence electrons. The molecule has 3 aromatic heterocycles.